The quantitative estimate of drug-likeness (QED) is 0.927. The van der Waals surface area contributed by atoms with E-state index in [0.29, 0.717) is 12.1 Å². The molecule has 5 nitrogen and oxygen atoms in total. The average Bonchev–Trinajstić information content (AvgIpc) is 2.56. The number of anilines is 1. The van der Waals surface area contributed by atoms with Gasteiger partial charge in [0.1, 0.15) is 5.82 Å². The Hall–Kier alpha value is -2.05. The van der Waals surface area contributed by atoms with E-state index in [1.807, 2.05) is 0 Å². The summed E-state index contributed by atoms with van der Waals surface area (Å²) >= 11 is 0. The summed E-state index contributed by atoms with van der Waals surface area (Å²) in [6.07, 6.45) is 2.81. The largest absolute Gasteiger partial charge is 0.387 e. The highest BCUT2D eigenvalue weighted by molar-refractivity contribution is 5.29. The van der Waals surface area contributed by atoms with Gasteiger partial charge >= 0.3 is 0 Å². The third kappa shape index (κ3) is 3.58. The number of aliphatic hydroxyl groups is 1. The molecule has 1 aromatic heterocycles. The van der Waals surface area contributed by atoms with E-state index in [9.17, 15) is 9.50 Å². The Labute approximate surface area is 129 Å². The fraction of sp³-hybridized carbons (Fsp3) is 0.375. The van der Waals surface area contributed by atoms with Crippen LogP contribution in [0.4, 0.5) is 10.3 Å². The summed E-state index contributed by atoms with van der Waals surface area (Å²) in [4.78, 5) is 12.8. The molecule has 0 spiro atoms. The highest BCUT2D eigenvalue weighted by Crippen LogP contribution is 2.17. The van der Waals surface area contributed by atoms with E-state index in [4.69, 9.17) is 0 Å². The average molecular weight is 302 g/mol. The molecule has 0 bridgehead atoms. The molecule has 1 aliphatic heterocycles. The Bertz CT molecular complexity index is 602. The molecule has 0 radical (unpaired) electrons. The maximum atomic E-state index is 13.2. The molecule has 0 aliphatic carbocycles. The lowest BCUT2D eigenvalue weighted by Gasteiger charge is -2.35. The first-order valence-electron chi connectivity index (χ1n) is 7.40. The van der Waals surface area contributed by atoms with Crippen molar-refractivity contribution in [1.82, 2.24) is 14.9 Å². The van der Waals surface area contributed by atoms with Crippen LogP contribution >= 0.6 is 0 Å². The fourth-order valence-corrected chi connectivity index (χ4v) is 2.65. The van der Waals surface area contributed by atoms with Crippen LogP contribution in [-0.2, 0) is 0 Å². The van der Waals surface area contributed by atoms with Gasteiger partial charge in [-0.3, -0.25) is 4.90 Å². The van der Waals surface area contributed by atoms with Crippen LogP contribution in [0.5, 0.6) is 0 Å². The van der Waals surface area contributed by atoms with Crippen LogP contribution in [0, 0.1) is 5.82 Å². The Morgan fingerprint density at radius 1 is 1.09 bits per heavy atom. The number of piperazine rings is 1. The molecule has 1 aliphatic rings. The number of hydrogen-bond donors (Lipinski definition) is 1. The smallest absolute Gasteiger partial charge is 0.225 e. The molecule has 1 fully saturated rings. The standard InChI is InChI=1S/C16H19FN4O/c17-14-4-1-3-13(11-14)15(22)12-20-7-9-21(10-8-20)16-18-5-2-6-19-16/h1-6,11,15,22H,7-10,12H2/t15-/m0/s1. The van der Waals surface area contributed by atoms with Crippen molar-refractivity contribution in [2.45, 2.75) is 6.10 Å². The Balaban J connectivity index is 1.54. The lowest BCUT2D eigenvalue weighted by Crippen LogP contribution is -2.48. The first-order valence-corrected chi connectivity index (χ1v) is 7.40. The van der Waals surface area contributed by atoms with Crippen LogP contribution in [0.25, 0.3) is 0 Å². The van der Waals surface area contributed by atoms with Crippen LogP contribution in [0.3, 0.4) is 0 Å². The predicted molar refractivity (Wildman–Crippen MR) is 82.0 cm³/mol. The van der Waals surface area contributed by atoms with Gasteiger partial charge in [-0.1, -0.05) is 12.1 Å². The summed E-state index contributed by atoms with van der Waals surface area (Å²) in [5.41, 5.74) is 0.619. The van der Waals surface area contributed by atoms with Gasteiger partial charge in [-0.25, -0.2) is 14.4 Å². The summed E-state index contributed by atoms with van der Waals surface area (Å²) < 4.78 is 13.2. The van der Waals surface area contributed by atoms with Gasteiger partial charge in [0.15, 0.2) is 0 Å². The van der Waals surface area contributed by atoms with E-state index in [0.717, 1.165) is 32.1 Å². The van der Waals surface area contributed by atoms with Crippen LogP contribution < -0.4 is 4.90 Å². The summed E-state index contributed by atoms with van der Waals surface area (Å²) in [5.74, 6) is 0.426. The molecule has 0 amide bonds. The second kappa shape index (κ2) is 6.81. The zero-order chi connectivity index (χ0) is 15.4. The van der Waals surface area contributed by atoms with E-state index in [1.54, 1.807) is 30.6 Å². The molecule has 1 saturated heterocycles. The SMILES string of the molecule is O[C@@H](CN1CCN(c2ncccn2)CC1)c1cccc(F)c1. The molecule has 0 saturated carbocycles. The van der Waals surface area contributed by atoms with Gasteiger partial charge in [0, 0.05) is 45.1 Å². The summed E-state index contributed by atoms with van der Waals surface area (Å²) in [6.45, 7) is 3.79. The Morgan fingerprint density at radius 2 is 1.82 bits per heavy atom. The van der Waals surface area contributed by atoms with Gasteiger partial charge in [-0.15, -0.1) is 0 Å². The molecule has 6 heteroatoms. The second-order valence-corrected chi connectivity index (χ2v) is 5.41. The third-order valence-corrected chi connectivity index (χ3v) is 3.87. The number of benzene rings is 1. The lowest BCUT2D eigenvalue weighted by molar-refractivity contribution is 0.109. The van der Waals surface area contributed by atoms with Gasteiger partial charge in [0.05, 0.1) is 6.10 Å². The molecule has 1 N–H and O–H groups in total. The molecule has 2 heterocycles. The van der Waals surface area contributed by atoms with Crippen molar-refractivity contribution in [2.24, 2.45) is 0 Å². The Kier molecular flexibility index (Phi) is 4.60. The summed E-state index contributed by atoms with van der Waals surface area (Å²) in [5, 5.41) is 10.2. The van der Waals surface area contributed by atoms with Gasteiger partial charge < -0.3 is 10.0 Å². The molecule has 1 aromatic carbocycles. The van der Waals surface area contributed by atoms with E-state index >= 15 is 0 Å². The van der Waals surface area contributed by atoms with E-state index in [1.165, 1.54) is 12.1 Å². The summed E-state index contributed by atoms with van der Waals surface area (Å²) in [7, 11) is 0. The van der Waals surface area contributed by atoms with Crippen LogP contribution in [-0.4, -0.2) is 52.7 Å². The molecule has 2 aromatic rings. The van der Waals surface area contributed by atoms with E-state index in [2.05, 4.69) is 19.8 Å². The normalized spacial score (nSPS) is 17.5. The van der Waals surface area contributed by atoms with Crippen molar-refractivity contribution in [3.8, 4) is 0 Å². The van der Waals surface area contributed by atoms with Crippen LogP contribution in [0.1, 0.15) is 11.7 Å². The van der Waals surface area contributed by atoms with E-state index in [-0.39, 0.29) is 5.82 Å². The molecule has 22 heavy (non-hydrogen) atoms. The monoisotopic (exact) mass is 302 g/mol. The fourth-order valence-electron chi connectivity index (χ4n) is 2.65. The van der Waals surface area contributed by atoms with E-state index < -0.39 is 6.10 Å². The molecule has 116 valence electrons. The maximum Gasteiger partial charge on any atom is 0.225 e. The number of nitrogens with zero attached hydrogens (tertiary/aromatic N) is 4. The number of hydrogen-bond acceptors (Lipinski definition) is 5. The summed E-state index contributed by atoms with van der Waals surface area (Å²) in [6, 6.07) is 7.95. The molecule has 0 unspecified atom stereocenters. The van der Waals surface area contributed by atoms with Gasteiger partial charge in [0.2, 0.25) is 5.95 Å². The van der Waals surface area contributed by atoms with Crippen molar-refractivity contribution in [3.63, 3.8) is 0 Å². The Morgan fingerprint density at radius 3 is 2.50 bits per heavy atom. The number of rotatable bonds is 4. The maximum absolute atomic E-state index is 13.2. The van der Waals surface area contributed by atoms with Gasteiger partial charge in [-0.05, 0) is 23.8 Å². The third-order valence-electron chi connectivity index (χ3n) is 3.87. The highest BCUT2D eigenvalue weighted by atomic mass is 19.1. The highest BCUT2D eigenvalue weighted by Gasteiger charge is 2.21. The number of aliphatic hydroxyl groups excluding tert-OH is 1. The topological polar surface area (TPSA) is 52.5 Å². The van der Waals surface area contributed by atoms with Crippen LogP contribution in [0.2, 0.25) is 0 Å². The number of β-amino-alcohol motifs (C(OH)–C–C–N with tert-alkyl or cyclic N) is 1. The molecular weight excluding hydrogens is 283 g/mol. The predicted octanol–water partition coefficient (Wildman–Crippen LogP) is 1.47. The van der Waals surface area contributed by atoms with Crippen molar-refractivity contribution >= 4 is 5.95 Å². The number of aromatic nitrogens is 2. The van der Waals surface area contributed by atoms with Crippen molar-refractivity contribution in [1.29, 1.82) is 0 Å². The first-order chi connectivity index (χ1) is 10.7. The first kappa shape index (κ1) is 14.9. The zero-order valence-corrected chi connectivity index (χ0v) is 12.3. The van der Waals surface area contributed by atoms with Crippen LogP contribution in [0.15, 0.2) is 42.7 Å². The minimum absolute atomic E-state index is 0.317. The number of halogens is 1. The lowest BCUT2D eigenvalue weighted by atomic mass is 10.1. The zero-order valence-electron chi connectivity index (χ0n) is 12.3. The molecular formula is C16H19FN4O. The second-order valence-electron chi connectivity index (χ2n) is 5.41. The minimum Gasteiger partial charge on any atom is -0.387 e. The van der Waals surface area contributed by atoms with Crippen molar-refractivity contribution in [3.05, 3.63) is 54.1 Å². The van der Waals surface area contributed by atoms with Crippen molar-refractivity contribution < 1.29 is 9.50 Å². The molecule has 1 atom stereocenters. The molecule has 3 rings (SSSR count). The van der Waals surface area contributed by atoms with Gasteiger partial charge in [0.25, 0.3) is 0 Å². The van der Waals surface area contributed by atoms with Gasteiger partial charge in [-0.2, -0.15) is 0 Å². The minimum atomic E-state index is -0.671. The van der Waals surface area contributed by atoms with Crippen molar-refractivity contribution in [2.75, 3.05) is 37.6 Å².